The van der Waals surface area contributed by atoms with Crippen LogP contribution in [-0.4, -0.2) is 30.6 Å². The number of hydrogen-bond donors (Lipinski definition) is 0. The largest absolute Gasteiger partial charge is 0.489 e. The molecule has 0 radical (unpaired) electrons. The molecule has 0 N–H and O–H groups in total. The highest BCUT2D eigenvalue weighted by molar-refractivity contribution is 7.98. The van der Waals surface area contributed by atoms with Crippen LogP contribution >= 0.6 is 11.8 Å². The van der Waals surface area contributed by atoms with E-state index in [0.717, 1.165) is 36.8 Å². The smallest absolute Gasteiger partial charge is 0.138 e. The molecule has 1 fully saturated rings. The molecule has 1 aliphatic heterocycles. The molecule has 2 rings (SSSR count). The van der Waals surface area contributed by atoms with Gasteiger partial charge < -0.3 is 9.47 Å². The van der Waals surface area contributed by atoms with Gasteiger partial charge in [-0.2, -0.15) is 0 Å². The molecule has 3 nitrogen and oxygen atoms in total. The third-order valence-corrected chi connectivity index (χ3v) is 3.05. The first-order chi connectivity index (χ1) is 7.38. The Labute approximate surface area is 94.2 Å². The number of nitrogens with zero attached hydrogens (tertiary/aromatic N) is 1. The third-order valence-electron chi connectivity index (χ3n) is 2.39. The molecule has 0 saturated carbocycles. The average molecular weight is 225 g/mol. The van der Waals surface area contributed by atoms with Crippen molar-refractivity contribution < 1.29 is 9.47 Å². The summed E-state index contributed by atoms with van der Waals surface area (Å²) >= 11 is 1.64. The molecule has 0 aliphatic carbocycles. The number of hydrogen-bond acceptors (Lipinski definition) is 4. The van der Waals surface area contributed by atoms with Gasteiger partial charge in [0.15, 0.2) is 0 Å². The van der Waals surface area contributed by atoms with E-state index in [1.807, 2.05) is 18.4 Å². The molecule has 1 aromatic heterocycles. The van der Waals surface area contributed by atoms with Crippen molar-refractivity contribution in [2.75, 3.05) is 19.5 Å². The van der Waals surface area contributed by atoms with Crippen molar-refractivity contribution in [2.45, 2.75) is 24.0 Å². The van der Waals surface area contributed by atoms with Gasteiger partial charge in [-0.15, -0.1) is 11.8 Å². The van der Waals surface area contributed by atoms with Crippen molar-refractivity contribution in [1.82, 2.24) is 4.98 Å². The van der Waals surface area contributed by atoms with E-state index in [1.54, 1.807) is 18.0 Å². The maximum absolute atomic E-state index is 5.80. The molecule has 0 spiro atoms. The number of thioether (sulfide) groups is 1. The molecule has 15 heavy (non-hydrogen) atoms. The molecule has 4 heteroatoms. The van der Waals surface area contributed by atoms with Gasteiger partial charge >= 0.3 is 0 Å². The van der Waals surface area contributed by atoms with E-state index in [0.29, 0.717) is 6.10 Å². The van der Waals surface area contributed by atoms with Gasteiger partial charge in [0, 0.05) is 12.8 Å². The van der Waals surface area contributed by atoms with Crippen LogP contribution in [0.5, 0.6) is 5.75 Å². The molecule has 0 aromatic carbocycles. The van der Waals surface area contributed by atoms with Crippen LogP contribution in [0.25, 0.3) is 0 Å². The van der Waals surface area contributed by atoms with E-state index in [-0.39, 0.29) is 0 Å². The standard InChI is InChI=1S/C11H15NO2S/c1-15-11-3-2-10(8-12-11)14-9-4-6-13-7-5-9/h2-3,8-9H,4-7H2,1H3. The third kappa shape index (κ3) is 3.11. The fourth-order valence-corrected chi connectivity index (χ4v) is 1.91. The lowest BCUT2D eigenvalue weighted by atomic mass is 10.1. The first kappa shape index (κ1) is 10.8. The molecule has 0 amide bonds. The zero-order chi connectivity index (χ0) is 10.5. The average Bonchev–Trinajstić information content (AvgIpc) is 2.31. The van der Waals surface area contributed by atoms with E-state index in [9.17, 15) is 0 Å². The zero-order valence-corrected chi connectivity index (χ0v) is 9.63. The molecular weight excluding hydrogens is 210 g/mol. The second-order valence-corrected chi connectivity index (χ2v) is 4.29. The van der Waals surface area contributed by atoms with Gasteiger partial charge in [0.05, 0.1) is 24.4 Å². The van der Waals surface area contributed by atoms with Crippen molar-refractivity contribution in [3.63, 3.8) is 0 Å². The fourth-order valence-electron chi connectivity index (χ4n) is 1.54. The Morgan fingerprint density at radius 1 is 1.40 bits per heavy atom. The normalized spacial score (nSPS) is 17.7. The summed E-state index contributed by atoms with van der Waals surface area (Å²) in [4.78, 5) is 4.27. The fraction of sp³-hybridized carbons (Fsp3) is 0.545. The molecule has 1 saturated heterocycles. The highest BCUT2D eigenvalue weighted by Gasteiger charge is 2.15. The Balaban J connectivity index is 1.91. The maximum atomic E-state index is 5.80. The zero-order valence-electron chi connectivity index (χ0n) is 8.81. The Hall–Kier alpha value is -0.740. The first-order valence-corrected chi connectivity index (χ1v) is 6.35. The van der Waals surface area contributed by atoms with Gasteiger partial charge in [0.1, 0.15) is 11.9 Å². The summed E-state index contributed by atoms with van der Waals surface area (Å²) in [6.45, 7) is 1.61. The van der Waals surface area contributed by atoms with Crippen LogP contribution in [0.2, 0.25) is 0 Å². The molecule has 0 bridgehead atoms. The van der Waals surface area contributed by atoms with Crippen LogP contribution in [0.1, 0.15) is 12.8 Å². The van der Waals surface area contributed by atoms with E-state index >= 15 is 0 Å². The number of ether oxygens (including phenoxy) is 2. The lowest BCUT2D eigenvalue weighted by Crippen LogP contribution is -2.25. The van der Waals surface area contributed by atoms with Crippen molar-refractivity contribution in [1.29, 1.82) is 0 Å². The van der Waals surface area contributed by atoms with Crippen molar-refractivity contribution >= 4 is 11.8 Å². The molecule has 82 valence electrons. The Bertz CT molecular complexity index is 296. The summed E-state index contributed by atoms with van der Waals surface area (Å²) in [5.74, 6) is 0.861. The maximum Gasteiger partial charge on any atom is 0.138 e. The second kappa shape index (κ2) is 5.37. The lowest BCUT2D eigenvalue weighted by molar-refractivity contribution is 0.0254. The summed E-state index contributed by atoms with van der Waals surface area (Å²) in [5, 5.41) is 1.02. The first-order valence-electron chi connectivity index (χ1n) is 5.13. The van der Waals surface area contributed by atoms with Crippen LogP contribution in [0.3, 0.4) is 0 Å². The molecular formula is C11H15NO2S. The second-order valence-electron chi connectivity index (χ2n) is 3.47. The van der Waals surface area contributed by atoms with E-state index < -0.39 is 0 Å². The van der Waals surface area contributed by atoms with Crippen LogP contribution in [0.15, 0.2) is 23.4 Å². The molecule has 0 atom stereocenters. The van der Waals surface area contributed by atoms with Gasteiger partial charge in [0.2, 0.25) is 0 Å². The Morgan fingerprint density at radius 2 is 2.20 bits per heavy atom. The van der Waals surface area contributed by atoms with Gasteiger partial charge in [-0.05, 0) is 18.4 Å². The monoisotopic (exact) mass is 225 g/mol. The van der Waals surface area contributed by atoms with Crippen LogP contribution in [0.4, 0.5) is 0 Å². The van der Waals surface area contributed by atoms with Gasteiger partial charge in [0.25, 0.3) is 0 Å². The highest BCUT2D eigenvalue weighted by atomic mass is 32.2. The minimum atomic E-state index is 0.292. The molecule has 2 heterocycles. The van der Waals surface area contributed by atoms with Crippen molar-refractivity contribution in [3.8, 4) is 5.75 Å². The van der Waals surface area contributed by atoms with Gasteiger partial charge in [-0.1, -0.05) is 0 Å². The minimum absolute atomic E-state index is 0.292. The quantitative estimate of drug-likeness (QED) is 0.739. The minimum Gasteiger partial charge on any atom is -0.489 e. The molecule has 0 unspecified atom stereocenters. The lowest BCUT2D eigenvalue weighted by Gasteiger charge is -2.23. The van der Waals surface area contributed by atoms with Crippen molar-refractivity contribution in [2.24, 2.45) is 0 Å². The van der Waals surface area contributed by atoms with E-state index in [1.165, 1.54) is 0 Å². The van der Waals surface area contributed by atoms with E-state index in [2.05, 4.69) is 4.98 Å². The summed E-state index contributed by atoms with van der Waals surface area (Å²) in [6.07, 6.45) is 6.05. The molecule has 1 aromatic rings. The molecule has 1 aliphatic rings. The van der Waals surface area contributed by atoms with Crippen LogP contribution in [0, 0.1) is 0 Å². The number of rotatable bonds is 3. The SMILES string of the molecule is CSc1ccc(OC2CCOCC2)cn1. The Kier molecular flexibility index (Phi) is 3.86. The predicted molar refractivity (Wildman–Crippen MR) is 60.5 cm³/mol. The Morgan fingerprint density at radius 3 is 2.80 bits per heavy atom. The van der Waals surface area contributed by atoms with Crippen molar-refractivity contribution in [3.05, 3.63) is 18.3 Å². The van der Waals surface area contributed by atoms with Gasteiger partial charge in [-0.25, -0.2) is 4.98 Å². The summed E-state index contributed by atoms with van der Waals surface area (Å²) < 4.78 is 11.1. The number of aromatic nitrogens is 1. The van der Waals surface area contributed by atoms with Crippen LogP contribution < -0.4 is 4.74 Å². The highest BCUT2D eigenvalue weighted by Crippen LogP contribution is 2.19. The topological polar surface area (TPSA) is 31.4 Å². The predicted octanol–water partition coefficient (Wildman–Crippen LogP) is 2.36. The van der Waals surface area contributed by atoms with E-state index in [4.69, 9.17) is 9.47 Å². The number of pyridine rings is 1. The van der Waals surface area contributed by atoms with Crippen LogP contribution in [-0.2, 0) is 4.74 Å². The van der Waals surface area contributed by atoms with Gasteiger partial charge in [-0.3, -0.25) is 0 Å². The summed E-state index contributed by atoms with van der Waals surface area (Å²) in [5.41, 5.74) is 0. The summed E-state index contributed by atoms with van der Waals surface area (Å²) in [6, 6.07) is 3.97. The summed E-state index contributed by atoms with van der Waals surface area (Å²) in [7, 11) is 0.